The van der Waals surface area contributed by atoms with E-state index in [0.717, 1.165) is 22.9 Å². The number of nitrogens with one attached hydrogen (secondary N) is 1. The van der Waals surface area contributed by atoms with E-state index < -0.39 is 20.1 Å². The smallest absolute Gasteiger partial charge is 0.328 e. The first-order valence-electron chi connectivity index (χ1n) is 10.7. The summed E-state index contributed by atoms with van der Waals surface area (Å²) in [5.74, 6) is -0.151. The Morgan fingerprint density at radius 3 is 2.53 bits per heavy atom. The Bertz CT molecular complexity index is 936. The molecule has 176 valence electrons. The van der Waals surface area contributed by atoms with Gasteiger partial charge in [0.15, 0.2) is 0 Å². The quantitative estimate of drug-likeness (QED) is 0.313. The molecule has 32 heavy (non-hydrogen) atoms. The average Bonchev–Trinajstić information content (AvgIpc) is 3.11. The monoisotopic (exact) mass is 461 g/mol. The Hall–Kier alpha value is -2.65. The first-order chi connectivity index (χ1) is 15.1. The minimum Gasteiger partial charge on any atom is -0.496 e. The molecule has 0 fully saturated rings. The van der Waals surface area contributed by atoms with Gasteiger partial charge in [0, 0.05) is 33.6 Å². The molecule has 9 heteroatoms. The average molecular weight is 462 g/mol. The molecule has 0 aliphatic carbocycles. The number of hydrogen-bond donors (Lipinski definition) is 1. The molecule has 1 N–H and O–H groups in total. The van der Waals surface area contributed by atoms with Crippen molar-refractivity contribution in [2.75, 3.05) is 20.8 Å². The molecule has 2 aromatic rings. The maximum absolute atomic E-state index is 12.3. The van der Waals surface area contributed by atoms with E-state index in [9.17, 15) is 9.59 Å². The van der Waals surface area contributed by atoms with Gasteiger partial charge in [0.05, 0.1) is 31.9 Å². The molecule has 0 bridgehead atoms. The van der Waals surface area contributed by atoms with Crippen LogP contribution in [0.5, 0.6) is 5.75 Å². The lowest BCUT2D eigenvalue weighted by molar-refractivity contribution is -0.144. The Labute approximate surface area is 191 Å². The van der Waals surface area contributed by atoms with Gasteiger partial charge in [0.25, 0.3) is 0 Å². The summed E-state index contributed by atoms with van der Waals surface area (Å²) in [4.78, 5) is 28.5. The minimum atomic E-state index is -1.21. The van der Waals surface area contributed by atoms with E-state index in [1.54, 1.807) is 13.4 Å². The third kappa shape index (κ3) is 7.20. The van der Waals surface area contributed by atoms with E-state index in [1.807, 2.05) is 29.7 Å². The number of amides is 1. The number of rotatable bonds is 11. The Morgan fingerprint density at radius 1 is 1.22 bits per heavy atom. The fourth-order valence-electron chi connectivity index (χ4n) is 3.30. The number of carbonyl (C=O) groups is 2. The van der Waals surface area contributed by atoms with Crippen molar-refractivity contribution < 1.29 is 23.8 Å². The van der Waals surface area contributed by atoms with E-state index >= 15 is 0 Å². The maximum atomic E-state index is 12.3. The van der Waals surface area contributed by atoms with Gasteiger partial charge in [-0.2, -0.15) is 0 Å². The molecule has 0 radical (unpaired) electrons. The van der Waals surface area contributed by atoms with Gasteiger partial charge < -0.3 is 24.1 Å². The summed E-state index contributed by atoms with van der Waals surface area (Å²) in [5.41, 5.74) is 3.34. The van der Waals surface area contributed by atoms with Crippen LogP contribution in [0, 0.1) is 6.92 Å². The summed E-state index contributed by atoms with van der Waals surface area (Å²) >= 11 is 0. The highest BCUT2D eigenvalue weighted by atomic mass is 28.3. The maximum Gasteiger partial charge on any atom is 0.328 e. The molecule has 1 heterocycles. The molecule has 0 saturated heterocycles. The number of hydrogen-bond acceptors (Lipinski definition) is 6. The zero-order chi connectivity index (χ0) is 23.9. The Balaban J connectivity index is 2.44. The molecule has 0 saturated carbocycles. The van der Waals surface area contributed by atoms with Gasteiger partial charge in [-0.05, 0) is 25.1 Å². The van der Waals surface area contributed by atoms with E-state index in [0.29, 0.717) is 24.8 Å². The van der Waals surface area contributed by atoms with Gasteiger partial charge in [-0.1, -0.05) is 31.3 Å². The molecule has 2 rings (SSSR count). The molecule has 1 atom stereocenters. The molecular formula is C23H35N3O5Si. The van der Waals surface area contributed by atoms with Crippen molar-refractivity contribution in [3.8, 4) is 17.0 Å². The number of ether oxygens (including phenoxy) is 3. The first kappa shape index (κ1) is 25.6. The van der Waals surface area contributed by atoms with Crippen molar-refractivity contribution in [1.82, 2.24) is 14.9 Å². The molecule has 0 unspecified atom stereocenters. The second kappa shape index (κ2) is 11.3. The Morgan fingerprint density at radius 2 is 1.94 bits per heavy atom. The van der Waals surface area contributed by atoms with Crippen LogP contribution >= 0.6 is 0 Å². The third-order valence-electron chi connectivity index (χ3n) is 5.01. The summed E-state index contributed by atoms with van der Waals surface area (Å²) in [5, 5.41) is 2.66. The highest BCUT2D eigenvalue weighted by Crippen LogP contribution is 2.34. The molecule has 0 spiro atoms. The van der Waals surface area contributed by atoms with Gasteiger partial charge in [-0.15, -0.1) is 0 Å². The predicted molar refractivity (Wildman–Crippen MR) is 126 cm³/mol. The lowest BCUT2D eigenvalue weighted by Crippen LogP contribution is -2.42. The van der Waals surface area contributed by atoms with Gasteiger partial charge >= 0.3 is 5.97 Å². The van der Waals surface area contributed by atoms with Gasteiger partial charge in [-0.25, -0.2) is 9.78 Å². The Kier molecular flexibility index (Phi) is 9.03. The molecule has 8 nitrogen and oxygen atoms in total. The second-order valence-electron chi connectivity index (χ2n) is 9.04. The normalized spacial score (nSPS) is 12.3. The van der Waals surface area contributed by atoms with Crippen LogP contribution in [-0.4, -0.2) is 56.4 Å². The summed E-state index contributed by atoms with van der Waals surface area (Å²) in [7, 11) is 1.71. The standard InChI is InChI=1S/C23H35N3O5Si/c1-16-8-9-21(29-3)18(12-16)22-19(13-20(23(28)30-4)25-17(2)27)24-14-26(22)15-31-10-11-32(5,6)7/h8-9,12,14,20H,10-11,13,15H2,1-7H3,(H,25,27)/t20-/m0/s1. The van der Waals surface area contributed by atoms with Gasteiger partial charge in [-0.3, -0.25) is 4.79 Å². The highest BCUT2D eigenvalue weighted by molar-refractivity contribution is 6.76. The molecule has 0 aliphatic heterocycles. The highest BCUT2D eigenvalue weighted by Gasteiger charge is 2.26. The van der Waals surface area contributed by atoms with Crippen LogP contribution in [0.3, 0.4) is 0 Å². The van der Waals surface area contributed by atoms with Crippen molar-refractivity contribution in [2.45, 2.75) is 58.7 Å². The number of nitrogens with zero attached hydrogens (tertiary/aromatic N) is 2. The van der Waals surface area contributed by atoms with Crippen molar-refractivity contribution in [3.05, 3.63) is 35.8 Å². The number of benzene rings is 1. The largest absolute Gasteiger partial charge is 0.496 e. The van der Waals surface area contributed by atoms with Crippen LogP contribution in [0.2, 0.25) is 25.7 Å². The summed E-state index contributed by atoms with van der Waals surface area (Å²) in [6.07, 6.45) is 1.88. The SMILES string of the molecule is COC(=O)[C@H](Cc1ncn(COCC[Si](C)(C)C)c1-c1cc(C)ccc1OC)NC(C)=O. The van der Waals surface area contributed by atoms with Crippen LogP contribution in [0.15, 0.2) is 24.5 Å². The summed E-state index contributed by atoms with van der Waals surface area (Å²) in [6.45, 7) is 11.3. The molecule has 1 aromatic carbocycles. The number of carbonyl (C=O) groups excluding carboxylic acids is 2. The van der Waals surface area contributed by atoms with E-state index in [2.05, 4.69) is 29.9 Å². The van der Waals surface area contributed by atoms with Gasteiger partial charge in [0.1, 0.15) is 18.5 Å². The fraction of sp³-hybridized carbons (Fsp3) is 0.522. The zero-order valence-corrected chi connectivity index (χ0v) is 21.2. The first-order valence-corrected chi connectivity index (χ1v) is 14.4. The predicted octanol–water partition coefficient (Wildman–Crippen LogP) is 3.40. The van der Waals surface area contributed by atoms with Crippen LogP contribution in [-0.2, 0) is 32.2 Å². The molecule has 1 aromatic heterocycles. The minimum absolute atomic E-state index is 0.181. The van der Waals surface area contributed by atoms with Crippen LogP contribution in [0.25, 0.3) is 11.3 Å². The van der Waals surface area contributed by atoms with Gasteiger partial charge in [0.2, 0.25) is 5.91 Å². The van der Waals surface area contributed by atoms with Crippen molar-refractivity contribution in [1.29, 1.82) is 0 Å². The summed E-state index contributed by atoms with van der Waals surface area (Å²) < 4.78 is 18.4. The lowest BCUT2D eigenvalue weighted by atomic mass is 10.0. The topological polar surface area (TPSA) is 91.7 Å². The summed E-state index contributed by atoms with van der Waals surface area (Å²) in [6, 6.07) is 6.11. The van der Waals surface area contributed by atoms with Crippen molar-refractivity contribution >= 4 is 20.0 Å². The fourth-order valence-corrected chi connectivity index (χ4v) is 4.06. The van der Waals surface area contributed by atoms with Crippen LogP contribution < -0.4 is 10.1 Å². The third-order valence-corrected chi connectivity index (χ3v) is 6.72. The molecule has 0 aliphatic rings. The van der Waals surface area contributed by atoms with E-state index in [4.69, 9.17) is 14.2 Å². The van der Waals surface area contributed by atoms with Crippen LogP contribution in [0.4, 0.5) is 0 Å². The van der Waals surface area contributed by atoms with Crippen molar-refractivity contribution in [2.24, 2.45) is 0 Å². The van der Waals surface area contributed by atoms with E-state index in [1.165, 1.54) is 14.0 Å². The number of aryl methyl sites for hydroxylation is 1. The molecule has 1 amide bonds. The number of esters is 1. The zero-order valence-electron chi connectivity index (χ0n) is 20.2. The molecular weight excluding hydrogens is 426 g/mol. The number of methoxy groups -OCH3 is 2. The lowest BCUT2D eigenvalue weighted by Gasteiger charge is -2.18. The van der Waals surface area contributed by atoms with E-state index in [-0.39, 0.29) is 12.3 Å². The second-order valence-corrected chi connectivity index (χ2v) is 14.7. The number of aromatic nitrogens is 2. The van der Waals surface area contributed by atoms with Crippen LogP contribution in [0.1, 0.15) is 18.2 Å². The van der Waals surface area contributed by atoms with Crippen molar-refractivity contribution in [3.63, 3.8) is 0 Å². The number of imidazole rings is 1.